The fraction of sp³-hybridized carbons (Fsp3) is 0.0500. The highest BCUT2D eigenvalue weighted by Gasteiger charge is 2.19. The van der Waals surface area contributed by atoms with Crippen LogP contribution in [0.2, 0.25) is 0 Å². The molecule has 3 aromatic rings. The molecule has 0 aromatic heterocycles. The number of para-hydroxylation sites is 2. The number of anilines is 1. The van der Waals surface area contributed by atoms with Crippen molar-refractivity contribution in [3.63, 3.8) is 0 Å². The molecule has 0 spiro atoms. The summed E-state index contributed by atoms with van der Waals surface area (Å²) in [6.07, 6.45) is 0. The van der Waals surface area contributed by atoms with Crippen molar-refractivity contribution in [3.05, 3.63) is 99.9 Å². The van der Waals surface area contributed by atoms with Crippen LogP contribution in [0.4, 0.5) is 15.8 Å². The predicted molar refractivity (Wildman–Crippen MR) is 98.2 cm³/mol. The van der Waals surface area contributed by atoms with E-state index in [2.05, 4.69) is 5.32 Å². The summed E-state index contributed by atoms with van der Waals surface area (Å²) in [7, 11) is 0. The van der Waals surface area contributed by atoms with E-state index >= 15 is 0 Å². The number of rotatable bonds is 6. The number of ether oxygens (including phenoxy) is 1. The van der Waals surface area contributed by atoms with Crippen LogP contribution in [0, 0.1) is 15.9 Å². The summed E-state index contributed by atoms with van der Waals surface area (Å²) in [5, 5.41) is 13.8. The maximum Gasteiger partial charge on any atom is 0.278 e. The number of carbonyl (C=O) groups is 1. The predicted octanol–water partition coefficient (Wildman–Crippen LogP) is 4.57. The van der Waals surface area contributed by atoms with Crippen LogP contribution in [0.15, 0.2) is 72.8 Å². The third kappa shape index (κ3) is 4.27. The maximum absolute atomic E-state index is 14.0. The molecule has 27 heavy (non-hydrogen) atoms. The number of nitro benzene ring substituents is 1. The zero-order chi connectivity index (χ0) is 19.2. The SMILES string of the molecule is O=C(Nc1ccccc1)c1ccccc1OCc1c(F)cccc1[N+](=O)[O-]. The Labute approximate surface area is 154 Å². The lowest BCUT2D eigenvalue weighted by Gasteiger charge is -2.12. The second kappa shape index (κ2) is 8.09. The van der Waals surface area contributed by atoms with Gasteiger partial charge in [0, 0.05) is 11.8 Å². The van der Waals surface area contributed by atoms with Gasteiger partial charge in [0.15, 0.2) is 0 Å². The zero-order valence-corrected chi connectivity index (χ0v) is 14.1. The fourth-order valence-corrected chi connectivity index (χ4v) is 2.51. The van der Waals surface area contributed by atoms with Crippen molar-refractivity contribution in [1.29, 1.82) is 0 Å². The molecule has 0 saturated carbocycles. The molecule has 0 bridgehead atoms. The van der Waals surface area contributed by atoms with Gasteiger partial charge in [-0.3, -0.25) is 14.9 Å². The molecule has 1 amide bonds. The number of hydrogen-bond donors (Lipinski definition) is 1. The molecule has 0 fully saturated rings. The first-order valence-corrected chi connectivity index (χ1v) is 8.06. The Morgan fingerprint density at radius 3 is 2.44 bits per heavy atom. The monoisotopic (exact) mass is 366 g/mol. The quantitative estimate of drug-likeness (QED) is 0.512. The zero-order valence-electron chi connectivity index (χ0n) is 14.1. The van der Waals surface area contributed by atoms with E-state index < -0.39 is 16.6 Å². The van der Waals surface area contributed by atoms with Crippen LogP contribution in [0.3, 0.4) is 0 Å². The van der Waals surface area contributed by atoms with E-state index in [0.717, 1.165) is 6.07 Å². The number of benzene rings is 3. The van der Waals surface area contributed by atoms with Crippen LogP contribution < -0.4 is 10.1 Å². The Balaban J connectivity index is 1.81. The van der Waals surface area contributed by atoms with Crippen LogP contribution in [0.5, 0.6) is 5.75 Å². The lowest BCUT2D eigenvalue weighted by atomic mass is 10.1. The Morgan fingerprint density at radius 2 is 1.70 bits per heavy atom. The summed E-state index contributed by atoms with van der Waals surface area (Å²) < 4.78 is 19.5. The number of carbonyl (C=O) groups excluding carboxylic acids is 1. The molecular weight excluding hydrogens is 351 g/mol. The summed E-state index contributed by atoms with van der Waals surface area (Å²) in [6.45, 7) is -0.376. The highest BCUT2D eigenvalue weighted by atomic mass is 19.1. The van der Waals surface area contributed by atoms with Crippen molar-refractivity contribution >= 4 is 17.3 Å². The fourth-order valence-electron chi connectivity index (χ4n) is 2.51. The molecule has 136 valence electrons. The van der Waals surface area contributed by atoms with Gasteiger partial charge in [-0.1, -0.05) is 36.4 Å². The minimum atomic E-state index is -0.740. The van der Waals surface area contributed by atoms with Gasteiger partial charge in [-0.25, -0.2) is 4.39 Å². The van der Waals surface area contributed by atoms with Crippen molar-refractivity contribution < 1.29 is 18.8 Å². The topological polar surface area (TPSA) is 81.5 Å². The van der Waals surface area contributed by atoms with E-state index in [-0.39, 0.29) is 29.2 Å². The lowest BCUT2D eigenvalue weighted by molar-refractivity contribution is -0.386. The first kappa shape index (κ1) is 18.1. The van der Waals surface area contributed by atoms with Gasteiger partial charge in [0.1, 0.15) is 23.7 Å². The van der Waals surface area contributed by atoms with Crippen molar-refractivity contribution in [3.8, 4) is 5.75 Å². The van der Waals surface area contributed by atoms with Crippen LogP contribution in [0.25, 0.3) is 0 Å². The molecule has 0 aliphatic carbocycles. The van der Waals surface area contributed by atoms with Gasteiger partial charge in [0.05, 0.1) is 10.5 Å². The molecule has 0 aliphatic rings. The van der Waals surface area contributed by atoms with Crippen LogP contribution >= 0.6 is 0 Å². The molecule has 6 nitrogen and oxygen atoms in total. The van der Waals surface area contributed by atoms with E-state index in [0.29, 0.717) is 5.69 Å². The number of amides is 1. The lowest BCUT2D eigenvalue weighted by Crippen LogP contribution is -2.14. The molecule has 0 heterocycles. The second-order valence-electron chi connectivity index (χ2n) is 5.60. The summed E-state index contributed by atoms with van der Waals surface area (Å²) in [5.41, 5.74) is 0.296. The number of nitrogens with zero attached hydrogens (tertiary/aromatic N) is 1. The Hall–Kier alpha value is -3.74. The Morgan fingerprint density at radius 1 is 1.00 bits per heavy atom. The molecule has 0 unspecified atom stereocenters. The van der Waals surface area contributed by atoms with Crippen molar-refractivity contribution in [2.24, 2.45) is 0 Å². The summed E-state index contributed by atoms with van der Waals surface area (Å²) in [5.74, 6) is -0.946. The summed E-state index contributed by atoms with van der Waals surface area (Å²) in [4.78, 5) is 22.9. The van der Waals surface area contributed by atoms with Gasteiger partial charge >= 0.3 is 0 Å². The first-order valence-electron chi connectivity index (χ1n) is 8.06. The smallest absolute Gasteiger partial charge is 0.278 e. The average Bonchev–Trinajstić information content (AvgIpc) is 2.67. The molecular formula is C20H15FN2O4. The van der Waals surface area contributed by atoms with Crippen LogP contribution in [-0.2, 0) is 6.61 Å². The molecule has 7 heteroatoms. The molecule has 0 saturated heterocycles. The normalized spacial score (nSPS) is 10.3. The number of nitro groups is 1. The highest BCUT2D eigenvalue weighted by Crippen LogP contribution is 2.25. The van der Waals surface area contributed by atoms with Crippen LogP contribution in [-0.4, -0.2) is 10.8 Å². The summed E-state index contributed by atoms with van der Waals surface area (Å²) >= 11 is 0. The van der Waals surface area contributed by atoms with E-state index in [1.807, 2.05) is 6.07 Å². The molecule has 0 atom stereocenters. The third-order valence-corrected chi connectivity index (χ3v) is 3.83. The molecule has 1 N–H and O–H groups in total. The van der Waals surface area contributed by atoms with E-state index in [1.54, 1.807) is 48.5 Å². The molecule has 0 aliphatic heterocycles. The average molecular weight is 366 g/mol. The van der Waals surface area contributed by atoms with E-state index in [9.17, 15) is 19.3 Å². The van der Waals surface area contributed by atoms with Crippen LogP contribution in [0.1, 0.15) is 15.9 Å². The van der Waals surface area contributed by atoms with Gasteiger partial charge in [0.2, 0.25) is 0 Å². The van der Waals surface area contributed by atoms with Gasteiger partial charge in [-0.15, -0.1) is 0 Å². The summed E-state index contributed by atoms with van der Waals surface area (Å²) in [6, 6.07) is 18.9. The van der Waals surface area contributed by atoms with E-state index in [4.69, 9.17) is 4.74 Å². The van der Waals surface area contributed by atoms with Crippen molar-refractivity contribution in [1.82, 2.24) is 0 Å². The molecule has 0 radical (unpaired) electrons. The minimum absolute atomic E-state index is 0.180. The third-order valence-electron chi connectivity index (χ3n) is 3.83. The number of halogens is 1. The van der Waals surface area contributed by atoms with Gasteiger partial charge in [-0.2, -0.15) is 0 Å². The van der Waals surface area contributed by atoms with Gasteiger partial charge in [-0.05, 0) is 30.3 Å². The first-order chi connectivity index (χ1) is 13.1. The van der Waals surface area contributed by atoms with Gasteiger partial charge in [0.25, 0.3) is 11.6 Å². The maximum atomic E-state index is 14.0. The van der Waals surface area contributed by atoms with E-state index in [1.165, 1.54) is 12.1 Å². The number of nitrogens with one attached hydrogen (secondary N) is 1. The van der Waals surface area contributed by atoms with Crippen molar-refractivity contribution in [2.75, 3.05) is 5.32 Å². The Kier molecular flexibility index (Phi) is 5.41. The van der Waals surface area contributed by atoms with Gasteiger partial charge < -0.3 is 10.1 Å². The largest absolute Gasteiger partial charge is 0.488 e. The number of hydrogen-bond acceptors (Lipinski definition) is 4. The molecule has 3 aromatic carbocycles. The highest BCUT2D eigenvalue weighted by molar-refractivity contribution is 6.06. The minimum Gasteiger partial charge on any atom is -0.488 e. The Bertz CT molecular complexity index is 977. The van der Waals surface area contributed by atoms with Crippen molar-refractivity contribution in [2.45, 2.75) is 6.61 Å². The second-order valence-corrected chi connectivity index (χ2v) is 5.60. The standard InChI is InChI=1S/C20H15FN2O4/c21-17-10-6-11-18(23(25)26)16(17)13-27-19-12-5-4-9-15(19)20(24)22-14-7-2-1-3-8-14/h1-12H,13H2,(H,22,24). The molecule has 3 rings (SSSR count).